The highest BCUT2D eigenvalue weighted by Crippen LogP contribution is 2.30. The first-order valence-corrected chi connectivity index (χ1v) is 10.7. The van der Waals surface area contributed by atoms with Crippen molar-refractivity contribution in [3.63, 3.8) is 0 Å². The zero-order valence-electron chi connectivity index (χ0n) is 17.6. The normalized spacial score (nSPS) is 13.9. The Morgan fingerprint density at radius 3 is 2.61 bits per heavy atom. The van der Waals surface area contributed by atoms with Crippen LogP contribution >= 0.6 is 11.6 Å². The molecule has 1 saturated heterocycles. The summed E-state index contributed by atoms with van der Waals surface area (Å²) in [5.74, 6) is 0.877. The number of hydrogen-bond donors (Lipinski definition) is 0. The quantitative estimate of drug-likeness (QED) is 0.195. The number of carbonyl (C=O) groups excluding carboxylic acids is 1. The minimum absolute atomic E-state index is 0.00669. The molecule has 0 aliphatic carbocycles. The first-order chi connectivity index (χ1) is 16.0. The van der Waals surface area contributed by atoms with Gasteiger partial charge in [-0.15, -0.1) is 0 Å². The molecule has 9 heteroatoms. The lowest BCUT2D eigenvalue weighted by atomic mass is 10.1. The van der Waals surface area contributed by atoms with Crippen LogP contribution in [-0.2, 0) is 11.3 Å². The Labute approximate surface area is 195 Å². The van der Waals surface area contributed by atoms with Crippen LogP contribution in [0.25, 0.3) is 6.08 Å². The van der Waals surface area contributed by atoms with E-state index in [1.165, 1.54) is 24.3 Å². The van der Waals surface area contributed by atoms with Gasteiger partial charge in [0.25, 0.3) is 0 Å². The first kappa shape index (κ1) is 22.6. The fourth-order valence-electron chi connectivity index (χ4n) is 3.38. The molecule has 2 heterocycles. The third kappa shape index (κ3) is 5.79. The molecule has 0 radical (unpaired) electrons. The van der Waals surface area contributed by atoms with Crippen molar-refractivity contribution in [2.75, 3.05) is 31.2 Å². The van der Waals surface area contributed by atoms with Crippen LogP contribution in [0.3, 0.4) is 0 Å². The van der Waals surface area contributed by atoms with Crippen LogP contribution in [0, 0.1) is 10.1 Å². The maximum Gasteiger partial charge on any atom is 0.312 e. The van der Waals surface area contributed by atoms with Gasteiger partial charge in [0, 0.05) is 35.4 Å². The summed E-state index contributed by atoms with van der Waals surface area (Å²) in [5, 5.41) is 11.4. The van der Waals surface area contributed by atoms with Crippen molar-refractivity contribution >= 4 is 34.8 Å². The molecule has 0 N–H and O–H groups in total. The van der Waals surface area contributed by atoms with Crippen molar-refractivity contribution in [1.82, 2.24) is 0 Å². The maximum absolute atomic E-state index is 12.5. The molecule has 1 aromatic heterocycles. The molecule has 3 aromatic rings. The van der Waals surface area contributed by atoms with Crippen LogP contribution in [0.2, 0.25) is 5.02 Å². The number of nitro groups is 1. The lowest BCUT2D eigenvalue weighted by molar-refractivity contribution is -0.385. The minimum atomic E-state index is -0.559. The molecule has 2 aromatic carbocycles. The molecule has 0 bridgehead atoms. The van der Waals surface area contributed by atoms with E-state index in [4.69, 9.17) is 25.5 Å². The lowest BCUT2D eigenvalue weighted by Crippen LogP contribution is -2.36. The second kappa shape index (κ2) is 10.3. The zero-order valence-corrected chi connectivity index (χ0v) is 18.4. The number of carbonyl (C=O) groups is 1. The predicted octanol–water partition coefficient (Wildman–Crippen LogP) is 5.15. The molecule has 0 saturated carbocycles. The Bertz CT molecular complexity index is 1170. The highest BCUT2D eigenvalue weighted by molar-refractivity contribution is 6.30. The molecule has 1 aliphatic rings. The van der Waals surface area contributed by atoms with Gasteiger partial charge >= 0.3 is 5.69 Å². The molecule has 33 heavy (non-hydrogen) atoms. The van der Waals surface area contributed by atoms with Crippen LogP contribution in [0.1, 0.15) is 21.9 Å². The molecule has 170 valence electrons. The Morgan fingerprint density at radius 2 is 1.88 bits per heavy atom. The average Bonchev–Trinajstić information content (AvgIpc) is 3.30. The number of ketones is 1. The zero-order chi connectivity index (χ0) is 23.2. The number of benzene rings is 2. The van der Waals surface area contributed by atoms with Crippen LogP contribution in [-0.4, -0.2) is 37.0 Å². The predicted molar refractivity (Wildman–Crippen MR) is 124 cm³/mol. The summed E-state index contributed by atoms with van der Waals surface area (Å²) in [7, 11) is 0. The van der Waals surface area contributed by atoms with Gasteiger partial charge in [-0.1, -0.05) is 11.6 Å². The topological polar surface area (TPSA) is 95.0 Å². The molecule has 8 nitrogen and oxygen atoms in total. The van der Waals surface area contributed by atoms with E-state index in [1.54, 1.807) is 30.3 Å². The number of furan rings is 1. The number of ether oxygens (including phenoxy) is 2. The summed E-state index contributed by atoms with van der Waals surface area (Å²) in [4.78, 5) is 25.3. The lowest BCUT2D eigenvalue weighted by Gasteiger charge is -2.28. The third-order valence-corrected chi connectivity index (χ3v) is 5.33. The highest BCUT2D eigenvalue weighted by atomic mass is 35.5. The molecule has 4 rings (SSSR count). The van der Waals surface area contributed by atoms with E-state index in [-0.39, 0.29) is 28.8 Å². The molecular weight excluding hydrogens is 448 g/mol. The summed E-state index contributed by atoms with van der Waals surface area (Å²) in [5.41, 5.74) is 1.42. The summed E-state index contributed by atoms with van der Waals surface area (Å²) >= 11 is 5.81. The molecule has 1 aliphatic heterocycles. The van der Waals surface area contributed by atoms with E-state index >= 15 is 0 Å². The van der Waals surface area contributed by atoms with E-state index in [0.717, 1.165) is 18.8 Å². The van der Waals surface area contributed by atoms with E-state index in [2.05, 4.69) is 4.90 Å². The number of nitrogens with zero attached hydrogens (tertiary/aromatic N) is 2. The van der Waals surface area contributed by atoms with Crippen LogP contribution in [0.15, 0.2) is 65.1 Å². The Balaban J connectivity index is 1.35. The molecule has 0 unspecified atom stereocenters. The van der Waals surface area contributed by atoms with Gasteiger partial charge in [0.2, 0.25) is 0 Å². The minimum Gasteiger partial charge on any atom is -0.479 e. The van der Waals surface area contributed by atoms with E-state index in [1.807, 2.05) is 12.1 Å². The van der Waals surface area contributed by atoms with Crippen molar-refractivity contribution in [2.45, 2.75) is 6.61 Å². The number of hydrogen-bond acceptors (Lipinski definition) is 7. The SMILES string of the molecule is O=C(/C=C/c1ccc(COc2ccc(Cl)cc2[N+](=O)[O-])o1)c1ccc(N2CCOCC2)cc1. The Kier molecular flexibility index (Phi) is 7.07. The number of allylic oxidation sites excluding steroid dienone is 1. The van der Waals surface area contributed by atoms with Crippen molar-refractivity contribution in [1.29, 1.82) is 0 Å². The van der Waals surface area contributed by atoms with Gasteiger partial charge < -0.3 is 18.8 Å². The van der Waals surface area contributed by atoms with E-state index in [0.29, 0.717) is 30.3 Å². The van der Waals surface area contributed by atoms with E-state index < -0.39 is 4.92 Å². The summed E-state index contributed by atoms with van der Waals surface area (Å²) in [6, 6.07) is 15.0. The van der Waals surface area contributed by atoms with Gasteiger partial charge in [-0.2, -0.15) is 0 Å². The standard InChI is InChI=1S/C24H21ClN2O6/c25-18-3-10-24(22(15-18)27(29)30)32-16-21-7-6-20(33-21)8-9-23(28)17-1-4-19(5-2-17)26-11-13-31-14-12-26/h1-10,15H,11-14,16H2/b9-8+. The number of morpholine rings is 1. The maximum atomic E-state index is 12.5. The number of halogens is 1. The molecule has 0 atom stereocenters. The molecule has 1 fully saturated rings. The van der Waals surface area contributed by atoms with Gasteiger partial charge in [-0.05, 0) is 60.7 Å². The second-order valence-corrected chi connectivity index (χ2v) is 7.74. The van der Waals surface area contributed by atoms with Crippen molar-refractivity contribution in [2.24, 2.45) is 0 Å². The summed E-state index contributed by atoms with van der Waals surface area (Å²) < 4.78 is 16.5. The smallest absolute Gasteiger partial charge is 0.312 e. The van der Waals surface area contributed by atoms with Gasteiger partial charge in [-0.25, -0.2) is 0 Å². The van der Waals surface area contributed by atoms with E-state index in [9.17, 15) is 14.9 Å². The largest absolute Gasteiger partial charge is 0.479 e. The first-order valence-electron chi connectivity index (χ1n) is 10.3. The fraction of sp³-hybridized carbons (Fsp3) is 0.208. The van der Waals surface area contributed by atoms with Crippen LogP contribution in [0.4, 0.5) is 11.4 Å². The molecular formula is C24H21ClN2O6. The van der Waals surface area contributed by atoms with Crippen LogP contribution in [0.5, 0.6) is 5.75 Å². The Hall–Kier alpha value is -3.62. The monoisotopic (exact) mass is 468 g/mol. The van der Waals surface area contributed by atoms with Crippen LogP contribution < -0.4 is 9.64 Å². The van der Waals surface area contributed by atoms with Gasteiger partial charge in [0.15, 0.2) is 11.5 Å². The van der Waals surface area contributed by atoms with Gasteiger partial charge in [-0.3, -0.25) is 14.9 Å². The number of rotatable bonds is 8. The number of nitro benzene ring substituents is 1. The van der Waals surface area contributed by atoms with Crippen molar-refractivity contribution < 1.29 is 23.6 Å². The second-order valence-electron chi connectivity index (χ2n) is 7.31. The number of anilines is 1. The molecule has 0 amide bonds. The van der Waals surface area contributed by atoms with Crippen molar-refractivity contribution in [3.8, 4) is 5.75 Å². The van der Waals surface area contributed by atoms with Crippen molar-refractivity contribution in [3.05, 3.63) is 92.9 Å². The average molecular weight is 469 g/mol. The van der Waals surface area contributed by atoms with Gasteiger partial charge in [0.05, 0.1) is 18.1 Å². The fourth-order valence-corrected chi connectivity index (χ4v) is 3.54. The highest BCUT2D eigenvalue weighted by Gasteiger charge is 2.16. The Morgan fingerprint density at radius 1 is 1.12 bits per heavy atom. The summed E-state index contributed by atoms with van der Waals surface area (Å²) in [6.45, 7) is 3.08. The third-order valence-electron chi connectivity index (χ3n) is 5.10. The van der Waals surface area contributed by atoms with Gasteiger partial charge in [0.1, 0.15) is 18.1 Å². The molecule has 0 spiro atoms. The summed E-state index contributed by atoms with van der Waals surface area (Å²) in [6.07, 6.45) is 3.02.